The van der Waals surface area contributed by atoms with E-state index in [-0.39, 0.29) is 6.61 Å². The second kappa shape index (κ2) is 10.9. The van der Waals surface area contributed by atoms with Gasteiger partial charge in [-0.25, -0.2) is 4.39 Å². The molecule has 0 aromatic carbocycles. The van der Waals surface area contributed by atoms with Crippen LogP contribution in [-0.4, -0.2) is 104 Å². The average molecular weight is 551 g/mol. The van der Waals surface area contributed by atoms with Crippen LogP contribution < -0.4 is 0 Å². The number of alkyl halides is 1. The van der Waals surface area contributed by atoms with Crippen LogP contribution in [0.25, 0.3) is 0 Å². The standard InChI is InChI=1S/C24H35FO13/c1-10(26)29-8-13-16(31-11(2)27)18(32-12(3)28)15(25)21(33-13)30-9-14-17-19(36-23(4,5)35-17)20-22(34-14)38-24(6,7)37-20/h13-22H,8-9H2,1-7H3/t13-,14-,15-,16-,17+,18-,19+,20-,21+,22-/m1/s1. The third-order valence-electron chi connectivity index (χ3n) is 6.30. The van der Waals surface area contributed by atoms with Gasteiger partial charge in [-0.2, -0.15) is 0 Å². The highest BCUT2D eigenvalue weighted by atomic mass is 19.1. The third kappa shape index (κ3) is 6.43. The molecule has 0 amide bonds. The van der Waals surface area contributed by atoms with Crippen molar-refractivity contribution in [3.05, 3.63) is 0 Å². The molecule has 4 aliphatic heterocycles. The van der Waals surface area contributed by atoms with Crippen molar-refractivity contribution in [3.8, 4) is 0 Å². The summed E-state index contributed by atoms with van der Waals surface area (Å²) in [6.45, 7) is 9.72. The van der Waals surface area contributed by atoms with Gasteiger partial charge in [-0.15, -0.1) is 0 Å². The third-order valence-corrected chi connectivity index (χ3v) is 6.30. The number of carbonyl (C=O) groups excluding carboxylic acids is 3. The van der Waals surface area contributed by atoms with Gasteiger partial charge in [-0.1, -0.05) is 0 Å². The second-order valence-electron chi connectivity index (χ2n) is 10.5. The lowest BCUT2D eigenvalue weighted by atomic mass is 9.98. The maximum absolute atomic E-state index is 15.6. The number of ether oxygens (including phenoxy) is 10. The van der Waals surface area contributed by atoms with Gasteiger partial charge in [0, 0.05) is 20.8 Å². The Kier molecular flexibility index (Phi) is 8.34. The summed E-state index contributed by atoms with van der Waals surface area (Å²) in [5.74, 6) is -4.09. The molecule has 216 valence electrons. The number of hydrogen-bond acceptors (Lipinski definition) is 13. The number of halogens is 1. The first-order valence-electron chi connectivity index (χ1n) is 12.4. The summed E-state index contributed by atoms with van der Waals surface area (Å²) < 4.78 is 72.5. The van der Waals surface area contributed by atoms with Crippen molar-refractivity contribution in [2.75, 3.05) is 13.2 Å². The van der Waals surface area contributed by atoms with E-state index in [0.29, 0.717) is 0 Å². The van der Waals surface area contributed by atoms with Crippen LogP contribution in [-0.2, 0) is 61.8 Å². The Morgan fingerprint density at radius 3 is 1.92 bits per heavy atom. The number of esters is 3. The summed E-state index contributed by atoms with van der Waals surface area (Å²) in [6.07, 6.45) is -11.1. The Morgan fingerprint density at radius 1 is 0.711 bits per heavy atom. The minimum absolute atomic E-state index is 0.232. The van der Waals surface area contributed by atoms with E-state index < -0.39 is 97.6 Å². The number of carbonyl (C=O) groups is 3. The monoisotopic (exact) mass is 550 g/mol. The highest BCUT2D eigenvalue weighted by molar-refractivity contribution is 5.67. The molecular formula is C24H35FO13. The van der Waals surface area contributed by atoms with Gasteiger partial charge in [0.05, 0.1) is 6.61 Å². The molecule has 0 spiro atoms. The zero-order valence-electron chi connectivity index (χ0n) is 22.4. The van der Waals surface area contributed by atoms with Crippen LogP contribution in [0, 0.1) is 0 Å². The van der Waals surface area contributed by atoms with Gasteiger partial charge < -0.3 is 47.4 Å². The van der Waals surface area contributed by atoms with Crippen molar-refractivity contribution in [2.24, 2.45) is 0 Å². The summed E-state index contributed by atoms with van der Waals surface area (Å²) in [5, 5.41) is 0. The molecule has 0 saturated carbocycles. The predicted octanol–water partition coefficient (Wildman–Crippen LogP) is 0.889. The first-order chi connectivity index (χ1) is 17.7. The van der Waals surface area contributed by atoms with Gasteiger partial charge in [0.15, 0.2) is 42.5 Å². The van der Waals surface area contributed by atoms with Crippen LogP contribution >= 0.6 is 0 Å². The summed E-state index contributed by atoms with van der Waals surface area (Å²) in [4.78, 5) is 34.9. The predicted molar refractivity (Wildman–Crippen MR) is 120 cm³/mol. The molecule has 4 heterocycles. The second-order valence-corrected chi connectivity index (χ2v) is 10.5. The maximum atomic E-state index is 15.6. The van der Waals surface area contributed by atoms with Crippen LogP contribution in [0.15, 0.2) is 0 Å². The van der Waals surface area contributed by atoms with Crippen LogP contribution in [0.2, 0.25) is 0 Å². The zero-order chi connectivity index (χ0) is 28.0. The van der Waals surface area contributed by atoms with Gasteiger partial charge >= 0.3 is 17.9 Å². The average Bonchev–Trinajstić information content (AvgIpc) is 3.27. The van der Waals surface area contributed by atoms with Crippen molar-refractivity contribution in [1.82, 2.24) is 0 Å². The van der Waals surface area contributed by atoms with E-state index in [1.165, 1.54) is 6.92 Å². The van der Waals surface area contributed by atoms with Crippen molar-refractivity contribution in [2.45, 2.75) is 122 Å². The largest absolute Gasteiger partial charge is 0.463 e. The molecule has 0 N–H and O–H groups in total. The molecule has 10 atom stereocenters. The quantitative estimate of drug-likeness (QED) is 0.327. The fraction of sp³-hybridized carbons (Fsp3) is 0.875. The summed E-state index contributed by atoms with van der Waals surface area (Å²) in [5.41, 5.74) is 0. The summed E-state index contributed by atoms with van der Waals surface area (Å²) >= 11 is 0. The first kappa shape index (κ1) is 29.1. The van der Waals surface area contributed by atoms with Gasteiger partial charge in [0.2, 0.25) is 0 Å². The van der Waals surface area contributed by atoms with Crippen LogP contribution in [0.4, 0.5) is 4.39 Å². The molecule has 4 rings (SSSR count). The van der Waals surface area contributed by atoms with Crippen LogP contribution in [0.1, 0.15) is 48.5 Å². The molecule has 0 unspecified atom stereocenters. The van der Waals surface area contributed by atoms with Gasteiger partial charge in [-0.3, -0.25) is 14.4 Å². The van der Waals surface area contributed by atoms with Gasteiger partial charge in [0.25, 0.3) is 0 Å². The van der Waals surface area contributed by atoms with E-state index in [9.17, 15) is 14.4 Å². The first-order valence-corrected chi connectivity index (χ1v) is 12.4. The molecule has 0 aromatic rings. The van der Waals surface area contributed by atoms with Gasteiger partial charge in [0.1, 0.15) is 37.1 Å². The van der Waals surface area contributed by atoms with Crippen molar-refractivity contribution < 1.29 is 66.1 Å². The van der Waals surface area contributed by atoms with Crippen molar-refractivity contribution in [1.29, 1.82) is 0 Å². The van der Waals surface area contributed by atoms with Crippen molar-refractivity contribution in [3.63, 3.8) is 0 Å². The molecule has 0 bridgehead atoms. The zero-order valence-corrected chi connectivity index (χ0v) is 22.4. The van der Waals surface area contributed by atoms with E-state index >= 15 is 4.39 Å². The Morgan fingerprint density at radius 2 is 1.29 bits per heavy atom. The highest BCUT2D eigenvalue weighted by Gasteiger charge is 2.61. The lowest BCUT2D eigenvalue weighted by Gasteiger charge is -2.43. The molecule has 4 saturated heterocycles. The summed E-state index contributed by atoms with van der Waals surface area (Å²) in [7, 11) is 0. The molecule has 13 nitrogen and oxygen atoms in total. The van der Waals surface area contributed by atoms with E-state index in [2.05, 4.69) is 0 Å². The molecule has 0 radical (unpaired) electrons. The Labute approximate surface area is 219 Å². The number of fused-ring (bicyclic) bond motifs is 3. The van der Waals surface area contributed by atoms with Crippen molar-refractivity contribution >= 4 is 17.9 Å². The lowest BCUT2D eigenvalue weighted by Crippen LogP contribution is -2.61. The lowest BCUT2D eigenvalue weighted by molar-refractivity contribution is -0.307. The molecule has 4 aliphatic rings. The molecule has 0 aliphatic carbocycles. The Balaban J connectivity index is 1.51. The molecule has 0 aromatic heterocycles. The SMILES string of the molecule is CC(=O)OC[C@H]1O[C@H](OC[C@H]2O[C@@H]3OC(C)(C)O[C@@H]3[C@H]3OC(C)(C)O[C@H]32)[C@H](F)[C@@H](OC(C)=O)[C@@H]1OC(C)=O. The Hall–Kier alpha value is -1.94. The fourth-order valence-corrected chi connectivity index (χ4v) is 5.01. The Bertz CT molecular complexity index is 910. The van der Waals surface area contributed by atoms with Crippen LogP contribution in [0.3, 0.4) is 0 Å². The molecule has 4 fully saturated rings. The van der Waals surface area contributed by atoms with E-state index in [1.54, 1.807) is 27.7 Å². The summed E-state index contributed by atoms with van der Waals surface area (Å²) in [6, 6.07) is 0. The highest BCUT2D eigenvalue weighted by Crippen LogP contribution is 2.44. The van der Waals surface area contributed by atoms with E-state index in [4.69, 9.17) is 47.4 Å². The minimum Gasteiger partial charge on any atom is -0.463 e. The van der Waals surface area contributed by atoms with Crippen LogP contribution in [0.5, 0.6) is 0 Å². The molecular weight excluding hydrogens is 515 g/mol. The minimum atomic E-state index is -2.06. The molecule has 38 heavy (non-hydrogen) atoms. The number of rotatable bonds is 7. The number of hydrogen-bond donors (Lipinski definition) is 0. The van der Waals surface area contributed by atoms with E-state index in [1.807, 2.05) is 0 Å². The maximum Gasteiger partial charge on any atom is 0.303 e. The topological polar surface area (TPSA) is 144 Å². The normalized spacial score (nSPS) is 41.1. The smallest absolute Gasteiger partial charge is 0.303 e. The molecule has 14 heteroatoms. The fourth-order valence-electron chi connectivity index (χ4n) is 5.01. The van der Waals surface area contributed by atoms with Gasteiger partial charge in [-0.05, 0) is 27.7 Å². The van der Waals surface area contributed by atoms with E-state index in [0.717, 1.165) is 13.8 Å².